The number of nitrogens with zero attached hydrogens (tertiary/aromatic N) is 2. The molecule has 0 fully saturated rings. The molecule has 0 N–H and O–H groups in total. The zero-order chi connectivity index (χ0) is 12.7. The molecule has 0 aliphatic rings. The number of rotatable bonds is 6. The molecule has 4 nitrogen and oxygen atoms in total. The summed E-state index contributed by atoms with van der Waals surface area (Å²) in [6.07, 6.45) is 2.61. The summed E-state index contributed by atoms with van der Waals surface area (Å²) in [7, 11) is 6.98. The Kier molecular flexibility index (Phi) is 6.77. The lowest BCUT2D eigenvalue weighted by molar-refractivity contribution is -0.129. The van der Waals surface area contributed by atoms with Crippen molar-refractivity contribution < 1.29 is 9.59 Å². The quantitative estimate of drug-likeness (QED) is 0.683. The fraction of sp³-hybridized carbons (Fsp3) is 0.750. The van der Waals surface area contributed by atoms with Gasteiger partial charge in [-0.15, -0.1) is 0 Å². The van der Waals surface area contributed by atoms with Gasteiger partial charge in [0.25, 0.3) is 0 Å². The van der Waals surface area contributed by atoms with Gasteiger partial charge in [-0.1, -0.05) is 0 Å². The zero-order valence-corrected chi connectivity index (χ0v) is 10.8. The lowest BCUT2D eigenvalue weighted by Crippen LogP contribution is -2.24. The highest BCUT2D eigenvalue weighted by Crippen LogP contribution is 2.12. The molecule has 1 unspecified atom stereocenters. The summed E-state index contributed by atoms with van der Waals surface area (Å²) in [6, 6.07) is 0. The van der Waals surface area contributed by atoms with Crippen molar-refractivity contribution in [2.75, 3.05) is 28.2 Å². The second-order valence-corrected chi connectivity index (χ2v) is 4.54. The van der Waals surface area contributed by atoms with Crippen LogP contribution in [0, 0.1) is 12.8 Å². The van der Waals surface area contributed by atoms with Crippen LogP contribution in [0.5, 0.6) is 0 Å². The average Bonchev–Trinajstić information content (AvgIpc) is 2.16. The van der Waals surface area contributed by atoms with E-state index in [9.17, 15) is 9.59 Å². The summed E-state index contributed by atoms with van der Waals surface area (Å²) in [5, 5.41) is 0. The van der Waals surface area contributed by atoms with Crippen molar-refractivity contribution in [2.45, 2.75) is 25.7 Å². The van der Waals surface area contributed by atoms with E-state index in [1.165, 1.54) is 0 Å². The molecule has 0 aliphatic heterocycles. The molecule has 0 bridgehead atoms. The number of hydrogen-bond donors (Lipinski definition) is 0. The van der Waals surface area contributed by atoms with Crippen LogP contribution in [0.4, 0.5) is 0 Å². The molecule has 16 heavy (non-hydrogen) atoms. The van der Waals surface area contributed by atoms with Gasteiger partial charge in [-0.3, -0.25) is 9.59 Å². The van der Waals surface area contributed by atoms with Gasteiger partial charge in [-0.2, -0.15) is 0 Å². The molecule has 1 atom stereocenters. The first-order chi connectivity index (χ1) is 7.34. The van der Waals surface area contributed by atoms with Crippen LogP contribution in [0.25, 0.3) is 0 Å². The molecular formula is C12H23N2O2. The smallest absolute Gasteiger partial charge is 0.222 e. The number of carbonyl (C=O) groups is 2. The molecule has 0 heterocycles. The lowest BCUT2D eigenvalue weighted by Gasteiger charge is -2.15. The van der Waals surface area contributed by atoms with Crippen molar-refractivity contribution >= 4 is 11.8 Å². The summed E-state index contributed by atoms with van der Waals surface area (Å²) in [4.78, 5) is 25.8. The topological polar surface area (TPSA) is 40.6 Å². The van der Waals surface area contributed by atoms with Crippen LogP contribution in [0.3, 0.4) is 0 Å². The van der Waals surface area contributed by atoms with Crippen molar-refractivity contribution in [3.63, 3.8) is 0 Å². The molecule has 0 aliphatic carbocycles. The van der Waals surface area contributed by atoms with Crippen LogP contribution in [0.15, 0.2) is 0 Å². The maximum atomic E-state index is 11.4. The van der Waals surface area contributed by atoms with Gasteiger partial charge in [0.05, 0.1) is 0 Å². The Hall–Kier alpha value is -1.06. The molecule has 0 saturated heterocycles. The van der Waals surface area contributed by atoms with Gasteiger partial charge in [-0.25, -0.2) is 0 Å². The molecule has 0 aromatic carbocycles. The minimum absolute atomic E-state index is 0.0962. The van der Waals surface area contributed by atoms with E-state index in [4.69, 9.17) is 0 Å². The van der Waals surface area contributed by atoms with Gasteiger partial charge >= 0.3 is 0 Å². The summed E-state index contributed by atoms with van der Waals surface area (Å²) >= 11 is 0. The van der Waals surface area contributed by atoms with Gasteiger partial charge in [0.1, 0.15) is 0 Å². The molecule has 0 spiro atoms. The fourth-order valence-corrected chi connectivity index (χ4v) is 1.30. The SMILES string of the molecule is [CH2]C(CCCC(=O)N(C)C)CC(=O)N(C)C. The van der Waals surface area contributed by atoms with Crippen molar-refractivity contribution in [1.29, 1.82) is 0 Å². The lowest BCUT2D eigenvalue weighted by atomic mass is 10.00. The Morgan fingerprint density at radius 2 is 1.56 bits per heavy atom. The Morgan fingerprint density at radius 1 is 1.06 bits per heavy atom. The zero-order valence-electron chi connectivity index (χ0n) is 10.8. The molecule has 2 amide bonds. The standard InChI is InChI=1S/C12H23N2O2/c1-10(9-12(16)14(4)5)7-6-8-11(15)13(2)3/h10H,1,6-9H2,2-5H3. The van der Waals surface area contributed by atoms with Crippen molar-refractivity contribution in [3.05, 3.63) is 6.92 Å². The monoisotopic (exact) mass is 227 g/mol. The third-order valence-electron chi connectivity index (χ3n) is 2.46. The van der Waals surface area contributed by atoms with Crippen molar-refractivity contribution in [1.82, 2.24) is 9.80 Å². The first-order valence-electron chi connectivity index (χ1n) is 5.58. The predicted molar refractivity (Wildman–Crippen MR) is 64.7 cm³/mol. The first-order valence-corrected chi connectivity index (χ1v) is 5.58. The van der Waals surface area contributed by atoms with E-state index < -0.39 is 0 Å². The van der Waals surface area contributed by atoms with Crippen molar-refractivity contribution in [2.24, 2.45) is 5.92 Å². The van der Waals surface area contributed by atoms with E-state index in [1.807, 2.05) is 0 Å². The fourth-order valence-electron chi connectivity index (χ4n) is 1.30. The van der Waals surface area contributed by atoms with E-state index in [1.54, 1.807) is 38.0 Å². The molecule has 0 rings (SSSR count). The van der Waals surface area contributed by atoms with Crippen LogP contribution in [-0.4, -0.2) is 49.8 Å². The number of amides is 2. The van der Waals surface area contributed by atoms with Crippen LogP contribution in [0.2, 0.25) is 0 Å². The van der Waals surface area contributed by atoms with E-state index in [-0.39, 0.29) is 17.7 Å². The van der Waals surface area contributed by atoms with E-state index in [0.717, 1.165) is 12.8 Å². The third kappa shape index (κ3) is 6.43. The molecule has 4 heteroatoms. The van der Waals surface area contributed by atoms with Gasteiger partial charge in [-0.05, 0) is 25.7 Å². The molecule has 0 saturated carbocycles. The Labute approximate surface area is 98.6 Å². The van der Waals surface area contributed by atoms with Gasteiger partial charge in [0.15, 0.2) is 0 Å². The Morgan fingerprint density at radius 3 is 2.00 bits per heavy atom. The summed E-state index contributed by atoms with van der Waals surface area (Å²) in [6.45, 7) is 3.93. The van der Waals surface area contributed by atoms with E-state index in [0.29, 0.717) is 12.8 Å². The number of carbonyl (C=O) groups excluding carboxylic acids is 2. The van der Waals surface area contributed by atoms with Gasteiger partial charge in [0.2, 0.25) is 11.8 Å². The second kappa shape index (κ2) is 7.25. The van der Waals surface area contributed by atoms with Crippen LogP contribution in [0.1, 0.15) is 25.7 Å². The summed E-state index contributed by atoms with van der Waals surface area (Å²) < 4.78 is 0. The highest BCUT2D eigenvalue weighted by atomic mass is 16.2. The normalized spacial score (nSPS) is 12.1. The average molecular weight is 227 g/mol. The first kappa shape index (κ1) is 14.9. The summed E-state index contributed by atoms with van der Waals surface area (Å²) in [5.74, 6) is 0.329. The highest BCUT2D eigenvalue weighted by molar-refractivity contribution is 5.76. The second-order valence-electron chi connectivity index (χ2n) is 4.54. The van der Waals surface area contributed by atoms with Crippen LogP contribution < -0.4 is 0 Å². The van der Waals surface area contributed by atoms with Crippen molar-refractivity contribution in [3.8, 4) is 0 Å². The van der Waals surface area contributed by atoms with Crippen LogP contribution in [-0.2, 0) is 9.59 Å². The Bertz CT molecular complexity index is 237. The maximum Gasteiger partial charge on any atom is 0.222 e. The van der Waals surface area contributed by atoms with E-state index in [2.05, 4.69) is 6.92 Å². The Balaban J connectivity index is 3.70. The minimum atomic E-state index is 0.0962. The largest absolute Gasteiger partial charge is 0.349 e. The predicted octanol–water partition coefficient (Wildman–Crippen LogP) is 1.17. The number of hydrogen-bond acceptors (Lipinski definition) is 2. The summed E-state index contributed by atoms with van der Waals surface area (Å²) in [5.41, 5.74) is 0. The van der Waals surface area contributed by atoms with Gasteiger partial charge in [0, 0.05) is 41.0 Å². The highest BCUT2D eigenvalue weighted by Gasteiger charge is 2.11. The molecular weight excluding hydrogens is 204 g/mol. The molecule has 0 aromatic rings. The molecule has 93 valence electrons. The van der Waals surface area contributed by atoms with Crippen LogP contribution >= 0.6 is 0 Å². The minimum Gasteiger partial charge on any atom is -0.349 e. The molecule has 0 aromatic heterocycles. The maximum absolute atomic E-state index is 11.4. The van der Waals surface area contributed by atoms with Gasteiger partial charge < -0.3 is 9.80 Å². The molecule has 1 radical (unpaired) electrons. The van der Waals surface area contributed by atoms with E-state index >= 15 is 0 Å². The third-order valence-corrected chi connectivity index (χ3v) is 2.46.